The second kappa shape index (κ2) is 8.60. The number of amides is 1. The van der Waals surface area contributed by atoms with Crippen LogP contribution >= 0.6 is 0 Å². The molecule has 2 heterocycles. The van der Waals surface area contributed by atoms with Crippen LogP contribution in [-0.4, -0.2) is 54.0 Å². The zero-order chi connectivity index (χ0) is 19.5. The molecule has 1 saturated carbocycles. The molecule has 0 spiro atoms. The molecule has 1 saturated heterocycles. The molecule has 28 heavy (non-hydrogen) atoms. The van der Waals surface area contributed by atoms with E-state index in [0.29, 0.717) is 24.6 Å². The number of nitrogens with zero attached hydrogens (tertiary/aromatic N) is 2. The van der Waals surface area contributed by atoms with Gasteiger partial charge in [-0.3, -0.25) is 19.5 Å². The van der Waals surface area contributed by atoms with Crippen molar-refractivity contribution >= 4 is 11.9 Å². The fourth-order valence-electron chi connectivity index (χ4n) is 4.65. The van der Waals surface area contributed by atoms with E-state index in [1.54, 1.807) is 6.20 Å². The molecule has 1 aromatic rings. The lowest BCUT2D eigenvalue weighted by Gasteiger charge is -2.30. The molecule has 1 aromatic heterocycles. The lowest BCUT2D eigenvalue weighted by Crippen LogP contribution is -2.44. The van der Waals surface area contributed by atoms with Crippen LogP contribution in [0.3, 0.4) is 0 Å². The van der Waals surface area contributed by atoms with E-state index in [9.17, 15) is 9.59 Å². The summed E-state index contributed by atoms with van der Waals surface area (Å²) in [5.74, 6) is 0.570. The van der Waals surface area contributed by atoms with Gasteiger partial charge in [0.1, 0.15) is 0 Å². The second-order valence-corrected chi connectivity index (χ2v) is 8.55. The van der Waals surface area contributed by atoms with E-state index in [1.807, 2.05) is 6.07 Å². The highest BCUT2D eigenvalue weighted by Gasteiger charge is 2.38. The molecule has 0 unspecified atom stereocenters. The zero-order valence-electron chi connectivity index (χ0n) is 16.8. The number of methoxy groups -OCH3 is 1. The summed E-state index contributed by atoms with van der Waals surface area (Å²) >= 11 is 0. The summed E-state index contributed by atoms with van der Waals surface area (Å²) in [5, 5.41) is 3.12. The maximum absolute atomic E-state index is 12.7. The Kier molecular flexibility index (Phi) is 5.95. The van der Waals surface area contributed by atoms with E-state index >= 15 is 0 Å². The van der Waals surface area contributed by atoms with Gasteiger partial charge in [-0.2, -0.15) is 0 Å². The average Bonchev–Trinajstić information content (AvgIpc) is 3.47. The third-order valence-electron chi connectivity index (χ3n) is 6.50. The predicted octanol–water partition coefficient (Wildman–Crippen LogP) is 2.50. The molecule has 2 atom stereocenters. The SMILES string of the molecule is COC(=O)C[C@H]1CC[C@@H](CNC(=O)c2cnc3c(c2)CCCC3)N1CC1CC1. The van der Waals surface area contributed by atoms with Crippen molar-refractivity contribution in [2.45, 2.75) is 69.9 Å². The summed E-state index contributed by atoms with van der Waals surface area (Å²) in [7, 11) is 1.45. The summed E-state index contributed by atoms with van der Waals surface area (Å²) in [4.78, 5) is 31.4. The fraction of sp³-hybridized carbons (Fsp3) is 0.682. The fourth-order valence-corrected chi connectivity index (χ4v) is 4.65. The molecule has 0 radical (unpaired) electrons. The molecule has 6 nitrogen and oxygen atoms in total. The van der Waals surface area contributed by atoms with Gasteiger partial charge in [-0.25, -0.2) is 0 Å². The molecular weight excluding hydrogens is 354 g/mol. The average molecular weight is 386 g/mol. The van der Waals surface area contributed by atoms with E-state index in [-0.39, 0.29) is 17.9 Å². The van der Waals surface area contributed by atoms with Crippen LogP contribution in [0.15, 0.2) is 12.3 Å². The Morgan fingerprint density at radius 3 is 2.75 bits per heavy atom. The van der Waals surface area contributed by atoms with Crippen molar-refractivity contribution in [3.8, 4) is 0 Å². The Labute approximate surface area is 167 Å². The molecule has 3 aliphatic rings. The van der Waals surface area contributed by atoms with Gasteiger partial charge in [0, 0.05) is 37.1 Å². The van der Waals surface area contributed by atoms with E-state index in [2.05, 4.69) is 15.2 Å². The van der Waals surface area contributed by atoms with Crippen LogP contribution in [0.25, 0.3) is 0 Å². The highest BCUT2D eigenvalue weighted by molar-refractivity contribution is 5.94. The van der Waals surface area contributed by atoms with Gasteiger partial charge in [-0.1, -0.05) is 0 Å². The van der Waals surface area contributed by atoms with Crippen molar-refractivity contribution in [1.82, 2.24) is 15.2 Å². The maximum atomic E-state index is 12.7. The number of hydrogen-bond acceptors (Lipinski definition) is 5. The predicted molar refractivity (Wildman–Crippen MR) is 106 cm³/mol. The van der Waals surface area contributed by atoms with Crippen LogP contribution < -0.4 is 5.32 Å². The standard InChI is InChI=1S/C22H31N3O3/c1-28-21(26)11-18-8-9-19(25(18)14-15-6-7-15)13-24-22(27)17-10-16-4-2-3-5-20(16)23-12-17/h10,12,15,18-19H,2-9,11,13-14H2,1H3,(H,24,27)/t18-,19+/m1/s1. The van der Waals surface area contributed by atoms with Crippen LogP contribution in [-0.2, 0) is 22.4 Å². The van der Waals surface area contributed by atoms with Gasteiger partial charge in [0.25, 0.3) is 5.91 Å². The smallest absolute Gasteiger partial charge is 0.307 e. The van der Waals surface area contributed by atoms with Crippen LogP contribution in [0.5, 0.6) is 0 Å². The summed E-state index contributed by atoms with van der Waals surface area (Å²) in [6.07, 6.45) is 11.1. The van der Waals surface area contributed by atoms with Crippen molar-refractivity contribution in [3.05, 3.63) is 29.1 Å². The number of rotatable bonds is 7. The van der Waals surface area contributed by atoms with Crippen LogP contribution in [0.1, 0.15) is 66.6 Å². The zero-order valence-corrected chi connectivity index (χ0v) is 16.8. The van der Waals surface area contributed by atoms with Crippen LogP contribution in [0.2, 0.25) is 0 Å². The molecule has 6 heteroatoms. The Bertz CT molecular complexity index is 732. The molecule has 1 N–H and O–H groups in total. The van der Waals surface area contributed by atoms with Crippen molar-refractivity contribution < 1.29 is 14.3 Å². The first-order valence-electron chi connectivity index (χ1n) is 10.7. The Balaban J connectivity index is 1.36. The van der Waals surface area contributed by atoms with E-state index < -0.39 is 0 Å². The Hall–Kier alpha value is -1.95. The third-order valence-corrected chi connectivity index (χ3v) is 6.50. The first-order chi connectivity index (χ1) is 13.6. The highest BCUT2D eigenvalue weighted by atomic mass is 16.5. The summed E-state index contributed by atoms with van der Waals surface area (Å²) in [5.41, 5.74) is 3.05. The first kappa shape index (κ1) is 19.4. The summed E-state index contributed by atoms with van der Waals surface area (Å²) < 4.78 is 4.88. The number of hydrogen-bond donors (Lipinski definition) is 1. The Morgan fingerprint density at radius 1 is 1.18 bits per heavy atom. The van der Waals surface area contributed by atoms with Crippen molar-refractivity contribution in [3.63, 3.8) is 0 Å². The maximum Gasteiger partial charge on any atom is 0.307 e. The van der Waals surface area contributed by atoms with Gasteiger partial charge >= 0.3 is 5.97 Å². The van der Waals surface area contributed by atoms with E-state index in [1.165, 1.54) is 38.4 Å². The quantitative estimate of drug-likeness (QED) is 0.730. The first-order valence-corrected chi connectivity index (χ1v) is 10.7. The molecule has 1 amide bonds. The van der Waals surface area contributed by atoms with Crippen LogP contribution in [0.4, 0.5) is 0 Å². The molecule has 152 valence electrons. The lowest BCUT2D eigenvalue weighted by atomic mass is 9.95. The molecule has 1 aliphatic heterocycles. The van der Waals surface area contributed by atoms with Gasteiger partial charge in [0.05, 0.1) is 19.1 Å². The number of aryl methyl sites for hydroxylation is 2. The number of likely N-dealkylation sites (tertiary alicyclic amines) is 1. The minimum Gasteiger partial charge on any atom is -0.469 e. The summed E-state index contributed by atoms with van der Waals surface area (Å²) in [6, 6.07) is 2.55. The molecule has 0 aromatic carbocycles. The van der Waals surface area contributed by atoms with Gasteiger partial charge in [0.2, 0.25) is 0 Å². The van der Waals surface area contributed by atoms with Gasteiger partial charge in [-0.15, -0.1) is 0 Å². The number of nitrogens with one attached hydrogen (secondary N) is 1. The third kappa shape index (κ3) is 4.54. The van der Waals surface area contributed by atoms with E-state index in [0.717, 1.165) is 43.8 Å². The number of pyridine rings is 1. The van der Waals surface area contributed by atoms with Gasteiger partial charge in [-0.05, 0) is 68.9 Å². The second-order valence-electron chi connectivity index (χ2n) is 8.55. The number of esters is 1. The number of fused-ring (bicyclic) bond motifs is 1. The number of ether oxygens (including phenoxy) is 1. The highest BCUT2D eigenvalue weighted by Crippen LogP contribution is 2.35. The van der Waals surface area contributed by atoms with E-state index in [4.69, 9.17) is 4.74 Å². The lowest BCUT2D eigenvalue weighted by molar-refractivity contribution is -0.141. The van der Waals surface area contributed by atoms with Crippen LogP contribution in [0, 0.1) is 5.92 Å². The molecule has 2 aliphatic carbocycles. The van der Waals surface area contributed by atoms with Crippen molar-refractivity contribution in [2.24, 2.45) is 5.92 Å². The summed E-state index contributed by atoms with van der Waals surface area (Å²) in [6.45, 7) is 1.66. The van der Waals surface area contributed by atoms with Gasteiger partial charge in [0.15, 0.2) is 0 Å². The van der Waals surface area contributed by atoms with Crippen molar-refractivity contribution in [2.75, 3.05) is 20.2 Å². The number of aromatic nitrogens is 1. The molecular formula is C22H31N3O3. The monoisotopic (exact) mass is 385 g/mol. The molecule has 4 rings (SSSR count). The number of carbonyl (C=O) groups is 2. The molecule has 0 bridgehead atoms. The minimum absolute atomic E-state index is 0.0383. The number of carbonyl (C=O) groups excluding carboxylic acids is 2. The normalized spacial score (nSPS) is 24.6. The largest absolute Gasteiger partial charge is 0.469 e. The van der Waals surface area contributed by atoms with Gasteiger partial charge < -0.3 is 10.1 Å². The topological polar surface area (TPSA) is 71.5 Å². The Morgan fingerprint density at radius 2 is 1.96 bits per heavy atom. The minimum atomic E-state index is -0.143. The molecule has 2 fully saturated rings. The van der Waals surface area contributed by atoms with Crippen molar-refractivity contribution in [1.29, 1.82) is 0 Å².